The van der Waals surface area contributed by atoms with E-state index in [1.807, 2.05) is 55.5 Å². The first-order chi connectivity index (χ1) is 10.8. The number of nitrogens with two attached hydrogens (primary N) is 1. The molecule has 0 saturated carbocycles. The van der Waals surface area contributed by atoms with Crippen LogP contribution in [0.3, 0.4) is 0 Å². The van der Waals surface area contributed by atoms with Crippen LogP contribution in [0.1, 0.15) is 17.0 Å². The van der Waals surface area contributed by atoms with E-state index in [-0.39, 0.29) is 6.54 Å². The lowest BCUT2D eigenvalue weighted by molar-refractivity contribution is 0.304. The highest BCUT2D eigenvalue weighted by Crippen LogP contribution is 2.26. The van der Waals surface area contributed by atoms with Gasteiger partial charge in [0.1, 0.15) is 12.4 Å². The Hall–Kier alpha value is -2.66. The summed E-state index contributed by atoms with van der Waals surface area (Å²) in [6, 6.07) is 15.9. The van der Waals surface area contributed by atoms with Crippen LogP contribution in [0.15, 0.2) is 53.1 Å². The van der Waals surface area contributed by atoms with Crippen molar-refractivity contribution in [3.8, 4) is 17.1 Å². The second kappa shape index (κ2) is 6.41. The van der Waals surface area contributed by atoms with Crippen molar-refractivity contribution in [1.29, 1.82) is 0 Å². The summed E-state index contributed by atoms with van der Waals surface area (Å²) in [6.45, 7) is 2.76. The van der Waals surface area contributed by atoms with Gasteiger partial charge in [0.15, 0.2) is 0 Å². The topological polar surface area (TPSA) is 74.2 Å². The summed E-state index contributed by atoms with van der Waals surface area (Å²) in [5.74, 6) is 1.74. The average Bonchev–Trinajstić information content (AvgIpc) is 3.04. The van der Waals surface area contributed by atoms with Crippen molar-refractivity contribution in [3.05, 3.63) is 65.5 Å². The second-order valence-corrected chi connectivity index (χ2v) is 4.97. The molecule has 3 rings (SSSR count). The van der Waals surface area contributed by atoms with Gasteiger partial charge in [0.2, 0.25) is 11.7 Å². The fourth-order valence-electron chi connectivity index (χ4n) is 2.09. The third-order valence-corrected chi connectivity index (χ3v) is 3.33. The van der Waals surface area contributed by atoms with Gasteiger partial charge in [-0.05, 0) is 24.1 Å². The van der Waals surface area contributed by atoms with Gasteiger partial charge in [0, 0.05) is 5.56 Å². The molecule has 0 spiro atoms. The Bertz CT molecular complexity index is 754. The number of aryl methyl sites for hydroxylation is 1. The van der Waals surface area contributed by atoms with Crippen LogP contribution in [0.4, 0.5) is 0 Å². The Morgan fingerprint density at radius 2 is 1.95 bits per heavy atom. The van der Waals surface area contributed by atoms with E-state index in [1.54, 1.807) is 0 Å². The number of rotatable bonds is 5. The zero-order valence-electron chi connectivity index (χ0n) is 12.3. The molecule has 0 aliphatic heterocycles. The number of hydrogen-bond acceptors (Lipinski definition) is 5. The van der Waals surface area contributed by atoms with Crippen molar-refractivity contribution in [3.63, 3.8) is 0 Å². The van der Waals surface area contributed by atoms with Crippen LogP contribution in [-0.4, -0.2) is 10.1 Å². The number of benzene rings is 2. The normalized spacial score (nSPS) is 10.6. The van der Waals surface area contributed by atoms with Gasteiger partial charge in [0.25, 0.3) is 0 Å². The van der Waals surface area contributed by atoms with Crippen molar-refractivity contribution < 1.29 is 9.26 Å². The van der Waals surface area contributed by atoms with Crippen molar-refractivity contribution in [1.82, 2.24) is 10.1 Å². The van der Waals surface area contributed by atoms with Crippen LogP contribution in [0.5, 0.6) is 5.75 Å². The van der Waals surface area contributed by atoms with Gasteiger partial charge in [-0.2, -0.15) is 4.98 Å². The summed E-state index contributed by atoms with van der Waals surface area (Å²) in [5, 5.41) is 3.92. The molecule has 0 amide bonds. The van der Waals surface area contributed by atoms with Crippen LogP contribution >= 0.6 is 0 Å². The maximum Gasteiger partial charge on any atom is 0.240 e. The van der Waals surface area contributed by atoms with Gasteiger partial charge in [-0.1, -0.05) is 47.6 Å². The summed E-state index contributed by atoms with van der Waals surface area (Å²) in [5.41, 5.74) is 8.51. The monoisotopic (exact) mass is 295 g/mol. The molecule has 2 aromatic carbocycles. The first-order valence-corrected chi connectivity index (χ1v) is 7.06. The molecule has 1 heterocycles. The number of nitrogens with zero attached hydrogens (tertiary/aromatic N) is 2. The van der Waals surface area contributed by atoms with Gasteiger partial charge in [0.05, 0.1) is 6.54 Å². The van der Waals surface area contributed by atoms with Crippen LogP contribution < -0.4 is 10.5 Å². The predicted molar refractivity (Wildman–Crippen MR) is 83.1 cm³/mol. The van der Waals surface area contributed by atoms with Gasteiger partial charge in [-0.3, -0.25) is 0 Å². The molecule has 0 fully saturated rings. The lowest BCUT2D eigenvalue weighted by atomic mass is 10.1. The molecule has 0 atom stereocenters. The third kappa shape index (κ3) is 3.15. The molecule has 0 unspecified atom stereocenters. The number of ether oxygens (including phenoxy) is 1. The molecule has 1 aromatic heterocycles. The minimum atomic E-state index is 0.232. The molecule has 22 heavy (non-hydrogen) atoms. The average molecular weight is 295 g/mol. The van der Waals surface area contributed by atoms with Crippen molar-refractivity contribution in [2.24, 2.45) is 5.73 Å². The van der Waals surface area contributed by atoms with Crippen molar-refractivity contribution in [2.45, 2.75) is 20.1 Å². The quantitative estimate of drug-likeness (QED) is 0.783. The van der Waals surface area contributed by atoms with Crippen molar-refractivity contribution in [2.75, 3.05) is 0 Å². The van der Waals surface area contributed by atoms with Crippen LogP contribution in [0.2, 0.25) is 0 Å². The van der Waals surface area contributed by atoms with E-state index in [4.69, 9.17) is 15.0 Å². The first kappa shape index (κ1) is 14.3. The molecule has 0 aliphatic rings. The molecule has 0 bridgehead atoms. The molecular weight excluding hydrogens is 278 g/mol. The lowest BCUT2D eigenvalue weighted by Gasteiger charge is -2.10. The summed E-state index contributed by atoms with van der Waals surface area (Å²) in [7, 11) is 0. The standard InChI is InChI=1S/C17H17N3O2/c1-12-7-8-14(17-19-16(10-18)22-20-17)9-15(12)21-11-13-5-3-2-4-6-13/h2-9H,10-11,18H2,1H3. The van der Waals surface area contributed by atoms with Gasteiger partial charge >= 0.3 is 0 Å². The van der Waals surface area contributed by atoms with E-state index in [1.165, 1.54) is 0 Å². The van der Waals surface area contributed by atoms with Crippen LogP contribution in [-0.2, 0) is 13.2 Å². The molecule has 3 aromatic rings. The molecule has 0 aliphatic carbocycles. The molecule has 112 valence electrons. The van der Waals surface area contributed by atoms with E-state index in [0.717, 1.165) is 22.4 Å². The zero-order valence-corrected chi connectivity index (χ0v) is 12.3. The molecular formula is C17H17N3O2. The molecule has 0 radical (unpaired) electrons. The number of hydrogen-bond donors (Lipinski definition) is 1. The van der Waals surface area contributed by atoms with E-state index < -0.39 is 0 Å². The van der Waals surface area contributed by atoms with E-state index in [2.05, 4.69) is 10.1 Å². The Kier molecular flexibility index (Phi) is 4.16. The smallest absolute Gasteiger partial charge is 0.240 e. The summed E-state index contributed by atoms with van der Waals surface area (Å²) >= 11 is 0. The van der Waals surface area contributed by atoms with Gasteiger partial charge in [-0.15, -0.1) is 0 Å². The lowest BCUT2D eigenvalue weighted by Crippen LogP contribution is -1.97. The maximum absolute atomic E-state index is 5.91. The molecule has 2 N–H and O–H groups in total. The Morgan fingerprint density at radius 3 is 2.68 bits per heavy atom. The first-order valence-electron chi connectivity index (χ1n) is 7.06. The minimum absolute atomic E-state index is 0.232. The fourth-order valence-corrected chi connectivity index (χ4v) is 2.09. The molecule has 5 nitrogen and oxygen atoms in total. The second-order valence-electron chi connectivity index (χ2n) is 4.97. The zero-order chi connectivity index (χ0) is 15.4. The largest absolute Gasteiger partial charge is 0.489 e. The van der Waals surface area contributed by atoms with Crippen LogP contribution in [0, 0.1) is 6.92 Å². The molecule has 5 heteroatoms. The maximum atomic E-state index is 5.91. The van der Waals surface area contributed by atoms with Crippen molar-refractivity contribution >= 4 is 0 Å². The predicted octanol–water partition coefficient (Wildman–Crippen LogP) is 3.08. The van der Waals surface area contributed by atoms with E-state index in [0.29, 0.717) is 18.3 Å². The molecule has 0 saturated heterocycles. The van der Waals surface area contributed by atoms with E-state index in [9.17, 15) is 0 Å². The summed E-state index contributed by atoms with van der Waals surface area (Å²) in [4.78, 5) is 4.23. The SMILES string of the molecule is Cc1ccc(-c2noc(CN)n2)cc1OCc1ccccc1. The number of aromatic nitrogens is 2. The highest BCUT2D eigenvalue weighted by Gasteiger charge is 2.10. The summed E-state index contributed by atoms with van der Waals surface area (Å²) in [6.07, 6.45) is 0. The fraction of sp³-hybridized carbons (Fsp3) is 0.176. The highest BCUT2D eigenvalue weighted by atomic mass is 16.5. The summed E-state index contributed by atoms with van der Waals surface area (Å²) < 4.78 is 10.9. The van der Waals surface area contributed by atoms with E-state index >= 15 is 0 Å². The minimum Gasteiger partial charge on any atom is -0.489 e. The van der Waals surface area contributed by atoms with Crippen LogP contribution in [0.25, 0.3) is 11.4 Å². The Labute approximate surface area is 128 Å². The highest BCUT2D eigenvalue weighted by molar-refractivity contribution is 5.58. The Balaban J connectivity index is 1.80. The Morgan fingerprint density at radius 1 is 1.14 bits per heavy atom. The van der Waals surface area contributed by atoms with Gasteiger partial charge < -0.3 is 15.0 Å². The third-order valence-electron chi connectivity index (χ3n) is 3.33. The van der Waals surface area contributed by atoms with Gasteiger partial charge in [-0.25, -0.2) is 0 Å².